The minimum absolute atomic E-state index is 0.554. The fourth-order valence-electron chi connectivity index (χ4n) is 4.90. The van der Waals surface area contributed by atoms with Crippen molar-refractivity contribution in [3.63, 3.8) is 0 Å². The molecule has 0 N–H and O–H groups in total. The van der Waals surface area contributed by atoms with Crippen molar-refractivity contribution in [3.05, 3.63) is 48.2 Å². The Kier molecular flexibility index (Phi) is 6.28. The monoisotopic (exact) mass is 435 g/mol. The van der Waals surface area contributed by atoms with Gasteiger partial charge in [0.1, 0.15) is 0 Å². The van der Waals surface area contributed by atoms with E-state index in [9.17, 15) is 0 Å². The lowest BCUT2D eigenvalue weighted by molar-refractivity contribution is 0.0716. The molecule has 0 aliphatic carbocycles. The van der Waals surface area contributed by atoms with Gasteiger partial charge in [0.25, 0.3) is 0 Å². The van der Waals surface area contributed by atoms with Crippen LogP contribution in [0.5, 0.6) is 5.88 Å². The Labute approximate surface area is 189 Å². The summed E-state index contributed by atoms with van der Waals surface area (Å²) in [7, 11) is 2.12. The number of hydrogen-bond acceptors (Lipinski definition) is 7. The molecule has 2 fully saturated rings. The van der Waals surface area contributed by atoms with Crippen molar-refractivity contribution in [2.24, 2.45) is 5.92 Å². The maximum absolute atomic E-state index is 6.06. The van der Waals surface area contributed by atoms with Crippen LogP contribution in [0.2, 0.25) is 0 Å². The fourth-order valence-corrected chi connectivity index (χ4v) is 4.90. The van der Waals surface area contributed by atoms with Gasteiger partial charge in [0.05, 0.1) is 12.0 Å². The van der Waals surface area contributed by atoms with Crippen LogP contribution in [0.3, 0.4) is 0 Å². The van der Waals surface area contributed by atoms with Crippen molar-refractivity contribution in [3.8, 4) is 5.88 Å². The molecule has 7 nitrogen and oxygen atoms in total. The highest BCUT2D eigenvalue weighted by atomic mass is 16.5. The standard InChI is InChI=1S/C25H33N5O2/c1-3-28(2)15-19-9-11-24(26-14-19)31-18-20-8-10-21-17-30(13-12-29(21)16-20)25-22-6-4-5-7-23(22)32-27-25/h4-7,9,11,14,20-21H,3,8,10,12-13,15-18H2,1-2H3. The molecule has 2 aliphatic heterocycles. The first-order valence-corrected chi connectivity index (χ1v) is 11.8. The van der Waals surface area contributed by atoms with E-state index in [1.54, 1.807) is 0 Å². The molecule has 0 bridgehead atoms. The SMILES string of the molecule is CCN(C)Cc1ccc(OCC2CCC3CN(c4noc5ccccc45)CCN3C2)nc1. The number of ether oxygens (including phenoxy) is 1. The van der Waals surface area contributed by atoms with E-state index in [1.165, 1.54) is 18.4 Å². The molecule has 170 valence electrons. The van der Waals surface area contributed by atoms with E-state index in [0.717, 1.165) is 68.5 Å². The maximum Gasteiger partial charge on any atom is 0.213 e. The number of hydrogen-bond donors (Lipinski definition) is 0. The van der Waals surface area contributed by atoms with Crippen LogP contribution >= 0.6 is 0 Å². The van der Waals surface area contributed by atoms with Crippen molar-refractivity contribution in [2.45, 2.75) is 32.4 Å². The summed E-state index contributed by atoms with van der Waals surface area (Å²) in [5.74, 6) is 2.28. The molecule has 0 amide bonds. The third kappa shape index (κ3) is 4.59. The third-order valence-corrected chi connectivity index (χ3v) is 6.92. The first-order valence-electron chi connectivity index (χ1n) is 11.8. The van der Waals surface area contributed by atoms with Crippen LogP contribution in [0.4, 0.5) is 5.82 Å². The zero-order valence-corrected chi connectivity index (χ0v) is 19.1. The van der Waals surface area contributed by atoms with Gasteiger partial charge in [-0.2, -0.15) is 0 Å². The molecule has 3 aromatic rings. The van der Waals surface area contributed by atoms with Gasteiger partial charge < -0.3 is 19.1 Å². The van der Waals surface area contributed by atoms with Crippen molar-refractivity contribution in [1.29, 1.82) is 0 Å². The zero-order valence-electron chi connectivity index (χ0n) is 19.1. The number of rotatable bonds is 7. The van der Waals surface area contributed by atoms with Gasteiger partial charge >= 0.3 is 0 Å². The number of aromatic nitrogens is 2. The van der Waals surface area contributed by atoms with Crippen LogP contribution in [0, 0.1) is 5.92 Å². The summed E-state index contributed by atoms with van der Waals surface area (Å²) in [6, 6.07) is 12.8. The minimum atomic E-state index is 0.554. The molecule has 0 spiro atoms. The lowest BCUT2D eigenvalue weighted by atomic mass is 9.91. The van der Waals surface area contributed by atoms with Crippen LogP contribution in [-0.4, -0.2) is 72.4 Å². The predicted molar refractivity (Wildman–Crippen MR) is 126 cm³/mol. The van der Waals surface area contributed by atoms with Crippen LogP contribution in [-0.2, 0) is 6.54 Å². The average molecular weight is 436 g/mol. The van der Waals surface area contributed by atoms with E-state index in [-0.39, 0.29) is 0 Å². The molecule has 0 saturated carbocycles. The lowest BCUT2D eigenvalue weighted by Gasteiger charge is -2.46. The number of pyridine rings is 1. The van der Waals surface area contributed by atoms with Gasteiger partial charge in [0.2, 0.25) is 5.88 Å². The largest absolute Gasteiger partial charge is 0.477 e. The molecule has 2 atom stereocenters. The minimum Gasteiger partial charge on any atom is -0.477 e. The number of piperidine rings is 1. The molecule has 2 aromatic heterocycles. The number of benzene rings is 1. The maximum atomic E-state index is 6.06. The highest BCUT2D eigenvalue weighted by Crippen LogP contribution is 2.31. The lowest BCUT2D eigenvalue weighted by Crippen LogP contribution is -2.57. The van der Waals surface area contributed by atoms with Gasteiger partial charge in [0, 0.05) is 56.9 Å². The highest BCUT2D eigenvalue weighted by molar-refractivity contribution is 5.88. The number of piperazine rings is 1. The summed E-state index contributed by atoms with van der Waals surface area (Å²) in [4.78, 5) is 11.8. The van der Waals surface area contributed by atoms with E-state index >= 15 is 0 Å². The zero-order chi connectivity index (χ0) is 21.9. The van der Waals surface area contributed by atoms with Gasteiger partial charge in [0.15, 0.2) is 11.4 Å². The second-order valence-corrected chi connectivity index (χ2v) is 9.19. The summed E-state index contributed by atoms with van der Waals surface area (Å²) in [6.45, 7) is 9.00. The van der Waals surface area contributed by atoms with Gasteiger partial charge in [-0.05, 0) is 44.1 Å². The topological polar surface area (TPSA) is 57.9 Å². The summed E-state index contributed by atoms with van der Waals surface area (Å²) in [5, 5.41) is 5.48. The molecule has 2 aliphatic rings. The highest BCUT2D eigenvalue weighted by Gasteiger charge is 2.34. The van der Waals surface area contributed by atoms with Crippen molar-refractivity contribution >= 4 is 16.8 Å². The van der Waals surface area contributed by atoms with Gasteiger partial charge in [-0.1, -0.05) is 30.3 Å². The predicted octanol–water partition coefficient (Wildman–Crippen LogP) is 3.65. The first kappa shape index (κ1) is 21.2. The molecule has 4 heterocycles. The molecule has 5 rings (SSSR count). The van der Waals surface area contributed by atoms with Gasteiger partial charge in [-0.25, -0.2) is 4.98 Å². The molecule has 2 saturated heterocycles. The Morgan fingerprint density at radius 3 is 2.88 bits per heavy atom. The number of para-hydroxylation sites is 1. The van der Waals surface area contributed by atoms with E-state index in [0.29, 0.717) is 12.0 Å². The molecule has 1 aromatic carbocycles. The Hall–Kier alpha value is -2.64. The second-order valence-electron chi connectivity index (χ2n) is 9.19. The van der Waals surface area contributed by atoms with Crippen LogP contribution in [0.1, 0.15) is 25.3 Å². The van der Waals surface area contributed by atoms with E-state index < -0.39 is 0 Å². The molecule has 32 heavy (non-hydrogen) atoms. The van der Waals surface area contributed by atoms with E-state index in [4.69, 9.17) is 9.26 Å². The summed E-state index contributed by atoms with van der Waals surface area (Å²) in [6.07, 6.45) is 4.31. The van der Waals surface area contributed by atoms with Crippen molar-refractivity contribution in [2.75, 3.05) is 51.3 Å². The van der Waals surface area contributed by atoms with E-state index in [2.05, 4.69) is 57.0 Å². The number of fused-ring (bicyclic) bond motifs is 2. The Morgan fingerprint density at radius 2 is 2.03 bits per heavy atom. The van der Waals surface area contributed by atoms with E-state index in [1.807, 2.05) is 24.4 Å². The number of anilines is 1. The third-order valence-electron chi connectivity index (χ3n) is 6.92. The van der Waals surface area contributed by atoms with Crippen LogP contribution in [0.15, 0.2) is 47.1 Å². The summed E-state index contributed by atoms with van der Waals surface area (Å²) < 4.78 is 11.6. The molecule has 2 unspecified atom stereocenters. The van der Waals surface area contributed by atoms with Gasteiger partial charge in [-0.15, -0.1) is 0 Å². The van der Waals surface area contributed by atoms with Crippen LogP contribution in [0.25, 0.3) is 11.0 Å². The van der Waals surface area contributed by atoms with Crippen molar-refractivity contribution in [1.82, 2.24) is 19.9 Å². The average Bonchev–Trinajstić information content (AvgIpc) is 3.27. The Morgan fingerprint density at radius 1 is 1.12 bits per heavy atom. The Balaban J connectivity index is 1.12. The normalized spacial score (nSPS) is 21.8. The molecule has 7 heteroatoms. The van der Waals surface area contributed by atoms with Crippen LogP contribution < -0.4 is 9.64 Å². The molecular formula is C25H33N5O2. The summed E-state index contributed by atoms with van der Waals surface area (Å²) >= 11 is 0. The summed E-state index contributed by atoms with van der Waals surface area (Å²) in [5.41, 5.74) is 2.09. The molecular weight excluding hydrogens is 402 g/mol. The quantitative estimate of drug-likeness (QED) is 0.561. The van der Waals surface area contributed by atoms with Gasteiger partial charge in [-0.3, -0.25) is 4.90 Å². The second kappa shape index (κ2) is 9.46. The molecule has 0 radical (unpaired) electrons. The smallest absolute Gasteiger partial charge is 0.213 e. The Bertz CT molecular complexity index is 1020. The number of nitrogens with zero attached hydrogens (tertiary/aromatic N) is 5. The van der Waals surface area contributed by atoms with Crippen molar-refractivity contribution < 1.29 is 9.26 Å². The fraction of sp³-hybridized carbons (Fsp3) is 0.520. The first-order chi connectivity index (χ1) is 15.7.